The molecule has 2 aromatic rings. The summed E-state index contributed by atoms with van der Waals surface area (Å²) < 4.78 is 17.8. The Kier molecular flexibility index (Phi) is 6.27. The molecule has 0 saturated carbocycles. The third-order valence-electron chi connectivity index (χ3n) is 3.67. The van der Waals surface area contributed by atoms with Crippen LogP contribution in [0.4, 0.5) is 11.4 Å². The summed E-state index contributed by atoms with van der Waals surface area (Å²) in [5.74, 6) is 0. The van der Waals surface area contributed by atoms with Crippen LogP contribution < -0.4 is 5.73 Å². The van der Waals surface area contributed by atoms with Crippen LogP contribution in [0.5, 0.6) is 0 Å². The number of benzene rings is 2. The minimum Gasteiger partial charge on any atom is -0.397 e. The van der Waals surface area contributed by atoms with E-state index in [0.29, 0.717) is 11.4 Å². The van der Waals surface area contributed by atoms with Gasteiger partial charge in [-0.2, -0.15) is 8.57 Å². The van der Waals surface area contributed by atoms with Gasteiger partial charge in [-0.05, 0) is 99.1 Å². The standard InChI is InChI=1S/C15H12Br4N2OS/c1-15(2,7-3-9(16)13(20)10(17)4-7)8-5-11(18)14(21-23-22)12(19)6-8/h3-6H,20H2,1-2H3. The average Bonchev–Trinajstić information content (AvgIpc) is 2.47. The highest BCUT2D eigenvalue weighted by Gasteiger charge is 2.26. The van der Waals surface area contributed by atoms with E-state index >= 15 is 0 Å². The predicted octanol–water partition coefficient (Wildman–Crippen LogP) is 6.67. The van der Waals surface area contributed by atoms with Crippen LogP contribution in [-0.2, 0) is 16.9 Å². The van der Waals surface area contributed by atoms with Crippen molar-refractivity contribution in [2.75, 3.05) is 5.73 Å². The van der Waals surface area contributed by atoms with Crippen molar-refractivity contribution in [1.82, 2.24) is 0 Å². The molecule has 2 rings (SSSR count). The maximum absolute atomic E-state index is 10.7. The molecule has 0 aliphatic rings. The quantitative estimate of drug-likeness (QED) is 0.408. The van der Waals surface area contributed by atoms with Crippen molar-refractivity contribution in [3.8, 4) is 0 Å². The van der Waals surface area contributed by atoms with Gasteiger partial charge in [-0.1, -0.05) is 13.8 Å². The Morgan fingerprint density at radius 1 is 0.913 bits per heavy atom. The van der Waals surface area contributed by atoms with Crippen molar-refractivity contribution in [2.24, 2.45) is 4.36 Å². The fraction of sp³-hybridized carbons (Fsp3) is 0.200. The number of hydrogen-bond donors (Lipinski definition) is 1. The largest absolute Gasteiger partial charge is 0.397 e. The van der Waals surface area contributed by atoms with Crippen molar-refractivity contribution in [2.45, 2.75) is 19.3 Å². The summed E-state index contributed by atoms with van der Waals surface area (Å²) in [5.41, 5.74) is 9.17. The first-order valence-electron chi connectivity index (χ1n) is 6.43. The van der Waals surface area contributed by atoms with Gasteiger partial charge in [0.15, 0.2) is 0 Å². The maximum Gasteiger partial charge on any atom is 0.205 e. The van der Waals surface area contributed by atoms with Crippen LogP contribution in [-0.4, -0.2) is 4.21 Å². The molecule has 0 fully saturated rings. The Balaban J connectivity index is 2.62. The molecule has 8 heteroatoms. The molecule has 0 saturated heterocycles. The molecule has 0 spiro atoms. The third kappa shape index (κ3) is 3.98. The van der Waals surface area contributed by atoms with Crippen LogP contribution in [0.2, 0.25) is 0 Å². The van der Waals surface area contributed by atoms with E-state index in [1.807, 2.05) is 24.3 Å². The number of nitrogens with zero attached hydrogens (tertiary/aromatic N) is 1. The van der Waals surface area contributed by atoms with Gasteiger partial charge in [-0.3, -0.25) is 0 Å². The first kappa shape index (κ1) is 19.3. The zero-order chi connectivity index (χ0) is 17.4. The summed E-state index contributed by atoms with van der Waals surface area (Å²) in [7, 11) is 0. The Morgan fingerprint density at radius 3 is 1.70 bits per heavy atom. The summed E-state index contributed by atoms with van der Waals surface area (Å²) in [4.78, 5) is 0. The molecule has 122 valence electrons. The third-order valence-corrected chi connectivity index (χ3v) is 6.45. The van der Waals surface area contributed by atoms with E-state index in [2.05, 4.69) is 81.9 Å². The van der Waals surface area contributed by atoms with Crippen LogP contribution in [0.3, 0.4) is 0 Å². The molecule has 23 heavy (non-hydrogen) atoms. The SMILES string of the molecule is CC(C)(c1cc(Br)c(N)c(Br)c1)c1cc(Br)c(N=S=O)c(Br)c1. The fourth-order valence-corrected chi connectivity index (χ4v) is 5.22. The number of nitrogen functional groups attached to an aromatic ring is 1. The Morgan fingerprint density at radius 2 is 1.30 bits per heavy atom. The first-order valence-corrected chi connectivity index (χ1v) is 10.3. The van der Waals surface area contributed by atoms with Gasteiger partial charge in [0.2, 0.25) is 11.5 Å². The van der Waals surface area contributed by atoms with E-state index in [4.69, 9.17) is 5.73 Å². The van der Waals surface area contributed by atoms with Gasteiger partial charge in [0.1, 0.15) is 5.69 Å². The highest BCUT2D eigenvalue weighted by atomic mass is 79.9. The highest BCUT2D eigenvalue weighted by molar-refractivity contribution is 9.11. The van der Waals surface area contributed by atoms with Crippen molar-refractivity contribution in [1.29, 1.82) is 0 Å². The van der Waals surface area contributed by atoms with E-state index in [0.717, 1.165) is 29.0 Å². The Bertz CT molecular complexity index is 786. The molecule has 0 unspecified atom stereocenters. The summed E-state index contributed by atoms with van der Waals surface area (Å²) in [6.07, 6.45) is 0. The number of rotatable bonds is 3. The van der Waals surface area contributed by atoms with E-state index < -0.39 is 0 Å². The van der Waals surface area contributed by atoms with Crippen LogP contribution in [0, 0.1) is 0 Å². The fourth-order valence-electron chi connectivity index (χ4n) is 2.16. The molecule has 0 radical (unpaired) electrons. The average molecular weight is 588 g/mol. The van der Waals surface area contributed by atoms with Gasteiger partial charge >= 0.3 is 0 Å². The van der Waals surface area contributed by atoms with Gasteiger partial charge in [0.25, 0.3) is 0 Å². The monoisotopic (exact) mass is 584 g/mol. The second-order valence-corrected chi connectivity index (χ2v) is 9.18. The lowest BCUT2D eigenvalue weighted by molar-refractivity contribution is 0.639. The molecular formula is C15H12Br4N2OS. The topological polar surface area (TPSA) is 55.4 Å². The lowest BCUT2D eigenvalue weighted by atomic mass is 9.78. The van der Waals surface area contributed by atoms with Crippen LogP contribution in [0.25, 0.3) is 0 Å². The normalized spacial score (nSPS) is 11.4. The van der Waals surface area contributed by atoms with Crippen molar-refractivity contribution >= 4 is 86.6 Å². The second-order valence-electron chi connectivity index (χ2n) is 5.43. The Labute approximate surface area is 172 Å². The molecule has 3 nitrogen and oxygen atoms in total. The summed E-state index contributed by atoms with van der Waals surface area (Å²) in [5, 5.41) is 0. The smallest absolute Gasteiger partial charge is 0.205 e. The second kappa shape index (κ2) is 7.47. The molecule has 2 N–H and O–H groups in total. The van der Waals surface area contributed by atoms with E-state index in [1.54, 1.807) is 0 Å². The van der Waals surface area contributed by atoms with Crippen LogP contribution in [0.1, 0.15) is 25.0 Å². The van der Waals surface area contributed by atoms with Gasteiger partial charge in [-0.25, -0.2) is 0 Å². The van der Waals surface area contributed by atoms with E-state index in [-0.39, 0.29) is 16.9 Å². The molecule has 2 aromatic carbocycles. The zero-order valence-corrected chi connectivity index (χ0v) is 19.3. The van der Waals surface area contributed by atoms with E-state index in [9.17, 15) is 4.21 Å². The molecule has 0 bridgehead atoms. The predicted molar refractivity (Wildman–Crippen MR) is 110 cm³/mol. The van der Waals surface area contributed by atoms with Crippen molar-refractivity contribution in [3.05, 3.63) is 53.3 Å². The molecule has 0 aromatic heterocycles. The zero-order valence-electron chi connectivity index (χ0n) is 12.2. The van der Waals surface area contributed by atoms with Gasteiger partial charge < -0.3 is 5.73 Å². The minimum absolute atomic E-state index is 0.187. The molecule has 0 heterocycles. The molecule has 0 atom stereocenters. The molecule has 0 aliphatic carbocycles. The maximum atomic E-state index is 10.7. The van der Waals surface area contributed by atoms with Gasteiger partial charge in [0, 0.05) is 23.3 Å². The number of nitrogens with two attached hydrogens (primary N) is 1. The van der Waals surface area contributed by atoms with E-state index in [1.165, 1.54) is 0 Å². The van der Waals surface area contributed by atoms with Gasteiger partial charge in [-0.15, -0.1) is 0 Å². The lowest BCUT2D eigenvalue weighted by Crippen LogP contribution is -2.19. The molecule has 0 amide bonds. The number of anilines is 1. The van der Waals surface area contributed by atoms with Gasteiger partial charge in [0.05, 0.1) is 5.69 Å². The molecular weight excluding hydrogens is 576 g/mol. The van der Waals surface area contributed by atoms with Crippen LogP contribution >= 0.6 is 63.7 Å². The summed E-state index contributed by atoms with van der Waals surface area (Å²) >= 11 is 14.2. The molecule has 0 aliphatic heterocycles. The lowest BCUT2D eigenvalue weighted by Gasteiger charge is -2.28. The minimum atomic E-state index is -0.271. The summed E-state index contributed by atoms with van der Waals surface area (Å²) in [6, 6.07) is 8.01. The van der Waals surface area contributed by atoms with Crippen molar-refractivity contribution in [3.63, 3.8) is 0 Å². The van der Waals surface area contributed by atoms with Crippen LogP contribution in [0.15, 0.2) is 46.5 Å². The first-order chi connectivity index (χ1) is 10.7. The Hall–Kier alpha value is -0.0200. The number of hydrogen-bond acceptors (Lipinski definition) is 3. The highest BCUT2D eigenvalue weighted by Crippen LogP contribution is 2.42. The summed E-state index contributed by atoms with van der Waals surface area (Å²) in [6.45, 7) is 4.26. The van der Waals surface area contributed by atoms with Crippen molar-refractivity contribution < 1.29 is 4.21 Å². The number of halogens is 4.